The predicted octanol–water partition coefficient (Wildman–Crippen LogP) is 3.04. The molecule has 0 spiro atoms. The summed E-state index contributed by atoms with van der Waals surface area (Å²) < 4.78 is 32.2. The number of benzene rings is 2. The molecule has 0 aliphatic carbocycles. The fraction of sp³-hybridized carbons (Fsp3) is 0.176. The lowest BCUT2D eigenvalue weighted by Gasteiger charge is -2.27. The first-order valence-corrected chi connectivity index (χ1v) is 8.59. The van der Waals surface area contributed by atoms with Crippen LogP contribution in [-0.4, -0.2) is 29.8 Å². The van der Waals surface area contributed by atoms with Crippen molar-refractivity contribution in [2.45, 2.75) is 24.2 Å². The first-order valence-electron chi connectivity index (χ1n) is 7.15. The van der Waals surface area contributed by atoms with Crippen molar-refractivity contribution in [2.75, 3.05) is 0 Å². The number of rotatable bonds is 3. The number of nitrogens with zero attached hydrogens (tertiary/aromatic N) is 1. The lowest BCUT2D eigenvalue weighted by atomic mass is 9.74. The van der Waals surface area contributed by atoms with Crippen LogP contribution < -0.4 is 0 Å². The van der Waals surface area contributed by atoms with Crippen molar-refractivity contribution < 1.29 is 22.9 Å². The number of aromatic carboxylic acids is 1. The van der Waals surface area contributed by atoms with Crippen LogP contribution in [0.25, 0.3) is 0 Å². The Morgan fingerprint density at radius 3 is 2.29 bits per heavy atom. The Morgan fingerprint density at radius 2 is 1.75 bits per heavy atom. The van der Waals surface area contributed by atoms with E-state index in [4.69, 9.17) is 5.11 Å². The van der Waals surface area contributed by atoms with Gasteiger partial charge in [0.05, 0.1) is 21.6 Å². The largest absolute Gasteiger partial charge is 0.478 e. The molecule has 0 fully saturated rings. The van der Waals surface area contributed by atoms with Gasteiger partial charge in [-0.15, -0.1) is 0 Å². The molecule has 0 amide bonds. The molecule has 2 N–H and O–H groups in total. The highest BCUT2D eigenvalue weighted by Gasteiger charge is 2.39. The van der Waals surface area contributed by atoms with E-state index >= 15 is 0 Å². The van der Waals surface area contributed by atoms with E-state index in [1.165, 1.54) is 24.3 Å². The Kier molecular flexibility index (Phi) is 3.58. The highest BCUT2D eigenvalue weighted by Crippen LogP contribution is 2.45. The van der Waals surface area contributed by atoms with Crippen LogP contribution in [0.2, 0.25) is 0 Å². The summed E-state index contributed by atoms with van der Waals surface area (Å²) in [5.41, 5.74) is 2.30. The highest BCUT2D eigenvalue weighted by atomic mass is 32.2. The number of hydrogen-bond donors (Lipinski definition) is 2. The van der Waals surface area contributed by atoms with Gasteiger partial charge < -0.3 is 5.11 Å². The van der Waals surface area contributed by atoms with E-state index in [0.717, 1.165) is 11.3 Å². The lowest BCUT2D eigenvalue weighted by Crippen LogP contribution is -2.29. The van der Waals surface area contributed by atoms with Crippen molar-refractivity contribution in [1.82, 2.24) is 0 Å². The average molecular weight is 345 g/mol. The third-order valence-corrected chi connectivity index (χ3v) is 5.38. The van der Waals surface area contributed by atoms with Crippen molar-refractivity contribution in [3.63, 3.8) is 0 Å². The number of fused-ring (bicyclic) bond motifs is 1. The molecule has 1 unspecified atom stereocenters. The monoisotopic (exact) mass is 345 g/mol. The molecule has 0 aromatic heterocycles. The number of hydrogen-bond acceptors (Lipinski definition) is 4. The van der Waals surface area contributed by atoms with Gasteiger partial charge in [0.25, 0.3) is 10.1 Å². The van der Waals surface area contributed by atoms with E-state index in [9.17, 15) is 17.8 Å². The number of carboxylic acid groups (broad SMARTS) is 1. The summed E-state index contributed by atoms with van der Waals surface area (Å²) in [6.45, 7) is 3.72. The van der Waals surface area contributed by atoms with Gasteiger partial charge in [-0.25, -0.2) is 4.79 Å². The SMILES string of the molecule is CC1=Nc2ccc(S(=O)(=O)O)cc2C1(C)c1ccc(C(=O)O)cc1. The smallest absolute Gasteiger partial charge is 0.335 e. The molecule has 0 saturated heterocycles. The fourth-order valence-corrected chi connectivity index (χ4v) is 3.48. The summed E-state index contributed by atoms with van der Waals surface area (Å²) in [5.74, 6) is -1.02. The minimum Gasteiger partial charge on any atom is -0.478 e. The second-order valence-electron chi connectivity index (χ2n) is 5.86. The zero-order valence-electron chi connectivity index (χ0n) is 13.0. The molecule has 0 radical (unpaired) electrons. The summed E-state index contributed by atoms with van der Waals surface area (Å²) >= 11 is 0. The Labute approximate surface area is 139 Å². The molecule has 0 saturated carbocycles. The number of aliphatic imine (C=N–C) groups is 1. The molecular weight excluding hydrogens is 330 g/mol. The highest BCUT2D eigenvalue weighted by molar-refractivity contribution is 7.85. The molecular formula is C17H15NO5S. The maximum atomic E-state index is 11.4. The summed E-state index contributed by atoms with van der Waals surface area (Å²) in [6, 6.07) is 10.7. The minimum absolute atomic E-state index is 0.168. The van der Waals surface area contributed by atoms with Crippen molar-refractivity contribution in [3.8, 4) is 0 Å². The zero-order valence-corrected chi connectivity index (χ0v) is 13.8. The van der Waals surface area contributed by atoms with Gasteiger partial charge in [0, 0.05) is 5.71 Å². The van der Waals surface area contributed by atoms with Crippen LogP contribution in [0.3, 0.4) is 0 Å². The molecule has 2 aromatic carbocycles. The van der Waals surface area contributed by atoms with Crippen molar-refractivity contribution in [1.29, 1.82) is 0 Å². The van der Waals surface area contributed by atoms with Gasteiger partial charge in [0.15, 0.2) is 0 Å². The molecule has 7 heteroatoms. The molecule has 3 rings (SSSR count). The van der Waals surface area contributed by atoms with Gasteiger partial charge in [-0.05, 0) is 55.3 Å². The van der Waals surface area contributed by atoms with Gasteiger partial charge in [-0.1, -0.05) is 12.1 Å². The Bertz CT molecular complexity index is 977. The maximum Gasteiger partial charge on any atom is 0.335 e. The molecule has 1 heterocycles. The Morgan fingerprint density at radius 1 is 1.12 bits per heavy atom. The van der Waals surface area contributed by atoms with Gasteiger partial charge in [-0.3, -0.25) is 9.55 Å². The summed E-state index contributed by atoms with van der Waals surface area (Å²) in [7, 11) is -4.32. The molecule has 24 heavy (non-hydrogen) atoms. The predicted molar refractivity (Wildman–Crippen MR) is 88.9 cm³/mol. The normalized spacial score (nSPS) is 19.7. The first kappa shape index (κ1) is 16.4. The topological polar surface area (TPSA) is 104 Å². The van der Waals surface area contributed by atoms with E-state index in [1.807, 2.05) is 13.8 Å². The molecule has 1 atom stereocenters. The molecule has 6 nitrogen and oxygen atoms in total. The second-order valence-corrected chi connectivity index (χ2v) is 7.28. The van der Waals surface area contributed by atoms with Crippen LogP contribution in [0.15, 0.2) is 52.4 Å². The van der Waals surface area contributed by atoms with Gasteiger partial charge in [0.1, 0.15) is 0 Å². The van der Waals surface area contributed by atoms with E-state index in [0.29, 0.717) is 11.3 Å². The van der Waals surface area contributed by atoms with E-state index in [1.54, 1.807) is 18.2 Å². The van der Waals surface area contributed by atoms with E-state index in [-0.39, 0.29) is 10.5 Å². The van der Waals surface area contributed by atoms with Crippen LogP contribution in [-0.2, 0) is 15.5 Å². The van der Waals surface area contributed by atoms with Crippen molar-refractivity contribution in [2.24, 2.45) is 4.99 Å². The maximum absolute atomic E-state index is 11.4. The third kappa shape index (κ3) is 2.42. The number of carbonyl (C=O) groups is 1. The molecule has 1 aliphatic rings. The Balaban J connectivity index is 2.18. The van der Waals surface area contributed by atoms with E-state index < -0.39 is 21.5 Å². The molecule has 124 valence electrons. The summed E-state index contributed by atoms with van der Waals surface area (Å²) in [4.78, 5) is 15.3. The van der Waals surface area contributed by atoms with Gasteiger partial charge >= 0.3 is 5.97 Å². The van der Waals surface area contributed by atoms with E-state index in [2.05, 4.69) is 4.99 Å². The second kappa shape index (κ2) is 5.25. The number of carboxylic acids is 1. The molecule has 1 aliphatic heterocycles. The summed E-state index contributed by atoms with van der Waals surface area (Å²) in [6.07, 6.45) is 0. The third-order valence-electron chi connectivity index (χ3n) is 4.53. The van der Waals surface area contributed by atoms with Crippen LogP contribution in [0.5, 0.6) is 0 Å². The average Bonchev–Trinajstić information content (AvgIpc) is 2.78. The fourth-order valence-electron chi connectivity index (χ4n) is 2.97. The van der Waals surface area contributed by atoms with Gasteiger partial charge in [-0.2, -0.15) is 8.42 Å². The Hall–Kier alpha value is -2.51. The molecule has 2 aromatic rings. The zero-order chi connectivity index (χ0) is 17.7. The van der Waals surface area contributed by atoms with Crippen molar-refractivity contribution >= 4 is 27.5 Å². The standard InChI is InChI=1S/C17H15NO5S/c1-10-17(2,12-5-3-11(4-6-12)16(19)20)14-9-13(24(21,22)23)7-8-15(14)18-10/h3-9H,1-2H3,(H,19,20)(H,21,22,23). The summed E-state index contributed by atoms with van der Waals surface area (Å²) in [5, 5.41) is 9.02. The molecule has 0 bridgehead atoms. The first-order chi connectivity index (χ1) is 11.1. The van der Waals surface area contributed by atoms with Crippen LogP contribution in [0, 0.1) is 0 Å². The van der Waals surface area contributed by atoms with Crippen molar-refractivity contribution in [3.05, 3.63) is 59.2 Å². The minimum atomic E-state index is -4.32. The van der Waals surface area contributed by atoms with Gasteiger partial charge in [0.2, 0.25) is 0 Å². The van der Waals surface area contributed by atoms with Crippen LogP contribution in [0.4, 0.5) is 5.69 Å². The lowest BCUT2D eigenvalue weighted by molar-refractivity contribution is 0.0697. The van der Waals surface area contributed by atoms with Crippen LogP contribution >= 0.6 is 0 Å². The quantitative estimate of drug-likeness (QED) is 0.832. The van der Waals surface area contributed by atoms with Crippen LogP contribution in [0.1, 0.15) is 35.3 Å².